The Morgan fingerprint density at radius 1 is 0.907 bits per heavy atom. The lowest BCUT2D eigenvalue weighted by molar-refractivity contribution is -0.138. The first-order valence-corrected chi connectivity index (χ1v) is 13.8. The van der Waals surface area contributed by atoms with Crippen LogP contribution in [0.5, 0.6) is 0 Å². The fourth-order valence-electron chi connectivity index (χ4n) is 4.12. The molecule has 0 bridgehead atoms. The lowest BCUT2D eigenvalue weighted by atomic mass is 10.1. The minimum absolute atomic E-state index is 0.0544. The van der Waals surface area contributed by atoms with Gasteiger partial charge < -0.3 is 15.4 Å². The van der Waals surface area contributed by atoms with Crippen molar-refractivity contribution in [2.75, 3.05) is 5.32 Å². The third-order valence-corrected chi connectivity index (χ3v) is 6.41. The standard InChI is InChI=1S/C35H35F3N2O3/c1-4-5-6-7-8-12-19-32(41)40-30-22-20-28(21-23-30)33(43-26(3)27-15-10-9-11-16-27)25(2)34(42)39-24-29-17-13-14-18-31(29)35(36,37)38/h4-7,9-11,13-18,20-23H,3,8,12,19,24H2,1-2H3,(H,39,42)(H,40,41)/b5-4-,7-6-,33-25+. The maximum atomic E-state index is 13.4. The van der Waals surface area contributed by atoms with Crippen molar-refractivity contribution in [3.63, 3.8) is 0 Å². The van der Waals surface area contributed by atoms with Crippen LogP contribution in [-0.4, -0.2) is 11.8 Å². The van der Waals surface area contributed by atoms with E-state index in [1.165, 1.54) is 25.1 Å². The molecule has 0 aliphatic carbocycles. The topological polar surface area (TPSA) is 67.4 Å². The molecule has 0 aliphatic rings. The van der Waals surface area contributed by atoms with E-state index in [1.54, 1.807) is 36.4 Å². The Bertz CT molecular complexity index is 1490. The molecule has 3 rings (SSSR count). The average molecular weight is 589 g/mol. The Labute approximate surface area is 250 Å². The van der Waals surface area contributed by atoms with E-state index in [0.717, 1.165) is 12.5 Å². The first-order valence-electron chi connectivity index (χ1n) is 13.8. The van der Waals surface area contributed by atoms with Crippen molar-refractivity contribution in [2.24, 2.45) is 0 Å². The van der Waals surface area contributed by atoms with Crippen LogP contribution in [0.1, 0.15) is 55.4 Å². The number of alkyl halides is 3. The fourth-order valence-corrected chi connectivity index (χ4v) is 4.12. The highest BCUT2D eigenvalue weighted by Gasteiger charge is 2.33. The Morgan fingerprint density at radius 3 is 2.26 bits per heavy atom. The third-order valence-electron chi connectivity index (χ3n) is 6.41. The van der Waals surface area contributed by atoms with Crippen molar-refractivity contribution in [1.29, 1.82) is 0 Å². The van der Waals surface area contributed by atoms with Crippen molar-refractivity contribution in [1.82, 2.24) is 5.32 Å². The summed E-state index contributed by atoms with van der Waals surface area (Å²) in [4.78, 5) is 25.6. The van der Waals surface area contributed by atoms with Crippen LogP contribution in [-0.2, 0) is 27.0 Å². The zero-order valence-electron chi connectivity index (χ0n) is 24.2. The Balaban J connectivity index is 1.79. The molecular weight excluding hydrogens is 553 g/mol. The van der Waals surface area contributed by atoms with Gasteiger partial charge >= 0.3 is 6.18 Å². The molecule has 2 N–H and O–H groups in total. The second kappa shape index (κ2) is 16.0. The summed E-state index contributed by atoms with van der Waals surface area (Å²) < 4.78 is 46.4. The van der Waals surface area contributed by atoms with Gasteiger partial charge in [0.05, 0.1) is 11.1 Å². The minimum Gasteiger partial charge on any atom is -0.456 e. The summed E-state index contributed by atoms with van der Waals surface area (Å²) in [5.74, 6) is -0.257. The molecular formula is C35H35F3N2O3. The number of anilines is 1. The fraction of sp³-hybridized carbons (Fsp3) is 0.200. The van der Waals surface area contributed by atoms with Gasteiger partial charge in [-0.3, -0.25) is 9.59 Å². The zero-order chi connectivity index (χ0) is 31.2. The molecule has 0 atom stereocenters. The van der Waals surface area contributed by atoms with E-state index >= 15 is 0 Å². The number of benzene rings is 3. The van der Waals surface area contributed by atoms with Crippen molar-refractivity contribution in [2.45, 2.75) is 45.8 Å². The van der Waals surface area contributed by atoms with Gasteiger partial charge in [0.25, 0.3) is 5.91 Å². The van der Waals surface area contributed by atoms with E-state index < -0.39 is 17.6 Å². The van der Waals surface area contributed by atoms with Gasteiger partial charge in [0.2, 0.25) is 5.91 Å². The van der Waals surface area contributed by atoms with Gasteiger partial charge in [-0.25, -0.2) is 0 Å². The monoisotopic (exact) mass is 588 g/mol. The number of unbranched alkanes of at least 4 members (excludes halogenated alkanes) is 1. The highest BCUT2D eigenvalue weighted by atomic mass is 19.4. The highest BCUT2D eigenvalue weighted by molar-refractivity contribution is 6.00. The normalized spacial score (nSPS) is 12.2. The van der Waals surface area contributed by atoms with E-state index in [0.29, 0.717) is 29.7 Å². The summed E-state index contributed by atoms with van der Waals surface area (Å²) in [7, 11) is 0. The Kier molecular flexibility index (Phi) is 12.1. The van der Waals surface area contributed by atoms with E-state index in [2.05, 4.69) is 17.2 Å². The molecule has 3 aromatic carbocycles. The van der Waals surface area contributed by atoms with Crippen LogP contribution < -0.4 is 10.6 Å². The molecule has 0 unspecified atom stereocenters. The van der Waals surface area contributed by atoms with E-state index in [4.69, 9.17) is 4.74 Å². The number of ether oxygens (including phenoxy) is 1. The van der Waals surface area contributed by atoms with Crippen molar-refractivity contribution in [3.05, 3.63) is 138 Å². The van der Waals surface area contributed by atoms with Gasteiger partial charge in [0.15, 0.2) is 0 Å². The molecule has 0 spiro atoms. The smallest absolute Gasteiger partial charge is 0.416 e. The summed E-state index contributed by atoms with van der Waals surface area (Å²) >= 11 is 0. The third kappa shape index (κ3) is 10.2. The highest BCUT2D eigenvalue weighted by Crippen LogP contribution is 2.32. The van der Waals surface area contributed by atoms with Crippen LogP contribution in [0.2, 0.25) is 0 Å². The summed E-state index contributed by atoms with van der Waals surface area (Å²) in [6.07, 6.45) is 5.13. The molecule has 0 fully saturated rings. The predicted molar refractivity (Wildman–Crippen MR) is 165 cm³/mol. The van der Waals surface area contributed by atoms with Crippen molar-refractivity contribution >= 4 is 29.0 Å². The van der Waals surface area contributed by atoms with E-state index in [9.17, 15) is 22.8 Å². The lowest BCUT2D eigenvalue weighted by Gasteiger charge is -2.17. The van der Waals surface area contributed by atoms with Gasteiger partial charge in [-0.15, -0.1) is 0 Å². The molecule has 0 saturated carbocycles. The van der Waals surface area contributed by atoms with E-state index in [-0.39, 0.29) is 35.1 Å². The maximum Gasteiger partial charge on any atom is 0.416 e. The molecule has 3 aromatic rings. The van der Waals surface area contributed by atoms with Crippen LogP contribution in [0.15, 0.2) is 115 Å². The second-order valence-electron chi connectivity index (χ2n) is 9.65. The van der Waals surface area contributed by atoms with Crippen molar-refractivity contribution < 1.29 is 27.5 Å². The van der Waals surface area contributed by atoms with Crippen LogP contribution in [0.4, 0.5) is 18.9 Å². The number of carbonyl (C=O) groups is 2. The second-order valence-corrected chi connectivity index (χ2v) is 9.65. The maximum absolute atomic E-state index is 13.4. The molecule has 0 aromatic heterocycles. The van der Waals surface area contributed by atoms with Gasteiger partial charge in [-0.2, -0.15) is 13.2 Å². The molecule has 224 valence electrons. The lowest BCUT2D eigenvalue weighted by Crippen LogP contribution is -2.26. The van der Waals surface area contributed by atoms with Crippen LogP contribution in [0.3, 0.4) is 0 Å². The zero-order valence-corrected chi connectivity index (χ0v) is 24.2. The van der Waals surface area contributed by atoms with E-state index in [1.807, 2.05) is 49.4 Å². The molecule has 5 nitrogen and oxygen atoms in total. The van der Waals surface area contributed by atoms with Crippen molar-refractivity contribution in [3.8, 4) is 0 Å². The largest absolute Gasteiger partial charge is 0.456 e. The summed E-state index contributed by atoms with van der Waals surface area (Å²) in [5.41, 5.74) is 1.06. The molecule has 0 heterocycles. The summed E-state index contributed by atoms with van der Waals surface area (Å²) in [6, 6.07) is 21.0. The number of nitrogens with one attached hydrogen (secondary N) is 2. The quantitative estimate of drug-likeness (QED) is 0.0909. The Morgan fingerprint density at radius 2 is 1.58 bits per heavy atom. The summed E-state index contributed by atoms with van der Waals surface area (Å²) in [5, 5.41) is 5.44. The first kappa shape index (κ1) is 32.7. The molecule has 0 saturated heterocycles. The van der Waals surface area contributed by atoms with Crippen LogP contribution >= 0.6 is 0 Å². The van der Waals surface area contributed by atoms with Gasteiger partial charge in [0.1, 0.15) is 11.5 Å². The number of hydrogen-bond donors (Lipinski definition) is 2. The SMILES string of the molecule is C=C(O/C(=C(\C)C(=O)NCc1ccccc1C(F)(F)F)c1ccc(NC(=O)CCC/C=C\C=C/C)cc1)c1ccccc1. The van der Waals surface area contributed by atoms with Crippen LogP contribution in [0.25, 0.3) is 11.5 Å². The minimum atomic E-state index is -4.55. The molecule has 43 heavy (non-hydrogen) atoms. The van der Waals surface area contributed by atoms with Gasteiger partial charge in [-0.1, -0.05) is 79.4 Å². The van der Waals surface area contributed by atoms with Gasteiger partial charge in [0, 0.05) is 29.8 Å². The molecule has 0 radical (unpaired) electrons. The number of hydrogen-bond acceptors (Lipinski definition) is 3. The predicted octanol–water partition coefficient (Wildman–Crippen LogP) is 8.68. The molecule has 0 aliphatic heterocycles. The number of allylic oxidation sites excluding steroid dienone is 4. The number of carbonyl (C=O) groups excluding carboxylic acids is 2. The first-order chi connectivity index (χ1) is 20.6. The number of amides is 2. The molecule has 8 heteroatoms. The molecule has 2 amide bonds. The Hall–Kier alpha value is -4.85. The van der Waals surface area contributed by atoms with Gasteiger partial charge in [-0.05, 0) is 62.6 Å². The van der Waals surface area contributed by atoms with Crippen LogP contribution in [0, 0.1) is 0 Å². The number of halogens is 3. The summed E-state index contributed by atoms with van der Waals surface area (Å²) in [6.45, 7) is 7.13. The average Bonchev–Trinajstić information content (AvgIpc) is 3.00. The number of rotatable bonds is 13.